The Bertz CT molecular complexity index is 1590. The third-order valence-electron chi connectivity index (χ3n) is 5.20. The molecule has 0 aliphatic carbocycles. The van der Waals surface area contributed by atoms with Crippen molar-refractivity contribution in [2.24, 2.45) is 0 Å². The van der Waals surface area contributed by atoms with E-state index >= 15 is 0 Å². The predicted octanol–water partition coefficient (Wildman–Crippen LogP) is 3.20. The van der Waals surface area contributed by atoms with Crippen LogP contribution in [0.2, 0.25) is 0 Å². The maximum atomic E-state index is 13.1. The molecule has 0 amide bonds. The highest BCUT2D eigenvalue weighted by atomic mass is 32.1. The lowest BCUT2D eigenvalue weighted by atomic mass is 10.1. The lowest BCUT2D eigenvalue weighted by Gasteiger charge is -2.09. The predicted molar refractivity (Wildman–Crippen MR) is 123 cm³/mol. The second-order valence-corrected chi connectivity index (χ2v) is 7.97. The summed E-state index contributed by atoms with van der Waals surface area (Å²) in [5.41, 5.74) is 3.00. The van der Waals surface area contributed by atoms with Crippen molar-refractivity contribution in [3.63, 3.8) is 0 Å². The topological polar surface area (TPSA) is 87.7 Å². The van der Waals surface area contributed by atoms with E-state index in [4.69, 9.17) is 9.47 Å². The summed E-state index contributed by atoms with van der Waals surface area (Å²) >= 11 is 1.34. The zero-order valence-electron chi connectivity index (χ0n) is 17.3. The summed E-state index contributed by atoms with van der Waals surface area (Å²) in [6, 6.07) is 12.4. The third-order valence-corrected chi connectivity index (χ3v) is 6.15. The van der Waals surface area contributed by atoms with Gasteiger partial charge in [0.1, 0.15) is 10.3 Å². The zero-order chi connectivity index (χ0) is 22.2. The van der Waals surface area contributed by atoms with Gasteiger partial charge in [-0.15, -0.1) is 11.3 Å². The highest BCUT2D eigenvalue weighted by Crippen LogP contribution is 2.36. The number of pyridine rings is 1. The van der Waals surface area contributed by atoms with Crippen LogP contribution >= 0.6 is 11.3 Å². The van der Waals surface area contributed by atoms with Crippen molar-refractivity contribution in [3.05, 3.63) is 86.8 Å². The molecule has 8 nitrogen and oxygen atoms in total. The summed E-state index contributed by atoms with van der Waals surface area (Å²) in [6.45, 7) is 0.159. The van der Waals surface area contributed by atoms with Gasteiger partial charge in [0.25, 0.3) is 11.1 Å². The van der Waals surface area contributed by atoms with Crippen LogP contribution in [0.1, 0.15) is 5.69 Å². The molecule has 160 valence electrons. The van der Waals surface area contributed by atoms with Crippen molar-refractivity contribution < 1.29 is 9.47 Å². The average Bonchev–Trinajstić information content (AvgIpc) is 3.25. The maximum absolute atomic E-state index is 13.1. The Morgan fingerprint density at radius 3 is 2.69 bits per heavy atom. The van der Waals surface area contributed by atoms with E-state index in [9.17, 15) is 9.59 Å². The van der Waals surface area contributed by atoms with Crippen molar-refractivity contribution >= 4 is 27.2 Å². The van der Waals surface area contributed by atoms with E-state index in [0.717, 1.165) is 11.1 Å². The molecular formula is C23H18N4O4S. The number of fused-ring (bicyclic) bond motifs is 2. The first kappa shape index (κ1) is 20.0. The quantitative estimate of drug-likeness (QED) is 0.412. The van der Waals surface area contributed by atoms with Crippen LogP contribution in [-0.4, -0.2) is 33.2 Å². The largest absolute Gasteiger partial charge is 0.493 e. The molecule has 5 rings (SSSR count). The fourth-order valence-corrected chi connectivity index (χ4v) is 4.60. The van der Waals surface area contributed by atoms with E-state index in [2.05, 4.69) is 9.97 Å². The van der Waals surface area contributed by atoms with Gasteiger partial charge in [0.05, 0.1) is 38.3 Å². The molecule has 0 radical (unpaired) electrons. The van der Waals surface area contributed by atoms with E-state index in [1.54, 1.807) is 32.5 Å². The van der Waals surface area contributed by atoms with Gasteiger partial charge >= 0.3 is 0 Å². The van der Waals surface area contributed by atoms with Crippen molar-refractivity contribution in [2.45, 2.75) is 6.54 Å². The van der Waals surface area contributed by atoms with E-state index in [-0.39, 0.29) is 17.7 Å². The van der Waals surface area contributed by atoms with Crippen LogP contribution in [0.25, 0.3) is 27.0 Å². The number of benzene rings is 1. The number of hydrogen-bond acceptors (Lipinski definition) is 7. The SMILES string of the molecule is COc1ccc(-c2csc3c(=O)n(Cc4cc(=O)n5ccccc5n4)cnc23)cc1OC. The molecule has 4 heterocycles. The zero-order valence-corrected chi connectivity index (χ0v) is 18.1. The first-order valence-corrected chi connectivity index (χ1v) is 10.6. The molecule has 9 heteroatoms. The smallest absolute Gasteiger partial charge is 0.271 e. The Morgan fingerprint density at radius 2 is 1.88 bits per heavy atom. The summed E-state index contributed by atoms with van der Waals surface area (Å²) in [4.78, 5) is 34.5. The Kier molecular flexibility index (Phi) is 4.95. The molecule has 0 saturated heterocycles. The van der Waals surface area contributed by atoms with Crippen LogP contribution in [0.15, 0.2) is 70.0 Å². The molecule has 32 heavy (non-hydrogen) atoms. The monoisotopic (exact) mass is 446 g/mol. The lowest BCUT2D eigenvalue weighted by molar-refractivity contribution is 0.355. The third kappa shape index (κ3) is 3.32. The molecule has 0 aliphatic rings. The molecular weight excluding hydrogens is 428 g/mol. The van der Waals surface area contributed by atoms with Gasteiger partial charge in [-0.25, -0.2) is 9.97 Å². The number of aromatic nitrogens is 4. The van der Waals surface area contributed by atoms with E-state index in [0.29, 0.717) is 33.1 Å². The van der Waals surface area contributed by atoms with Gasteiger partial charge in [0.2, 0.25) is 0 Å². The highest BCUT2D eigenvalue weighted by molar-refractivity contribution is 7.17. The number of methoxy groups -OCH3 is 2. The molecule has 1 aromatic carbocycles. The van der Waals surface area contributed by atoms with Gasteiger partial charge in [-0.3, -0.25) is 18.6 Å². The second-order valence-electron chi connectivity index (χ2n) is 7.09. The molecule has 0 fully saturated rings. The standard InChI is InChI=1S/C23H18N4O4S/c1-30-17-7-6-14(9-18(17)31-2)16-12-32-22-21(16)24-13-26(23(22)29)11-15-10-20(28)27-8-4-3-5-19(27)25-15/h3-10,12-13H,11H2,1-2H3. The molecule has 0 unspecified atom stereocenters. The number of nitrogens with zero attached hydrogens (tertiary/aromatic N) is 4. The molecule has 0 aliphatic heterocycles. The van der Waals surface area contributed by atoms with Crippen LogP contribution in [0.3, 0.4) is 0 Å². The minimum atomic E-state index is -0.195. The lowest BCUT2D eigenvalue weighted by Crippen LogP contribution is -2.23. The Labute approximate surface area is 186 Å². The first-order chi connectivity index (χ1) is 15.6. The molecule has 0 atom stereocenters. The summed E-state index contributed by atoms with van der Waals surface area (Å²) in [7, 11) is 3.16. The number of hydrogen-bond donors (Lipinski definition) is 0. The van der Waals surface area contributed by atoms with Crippen molar-refractivity contribution in [1.82, 2.24) is 18.9 Å². The van der Waals surface area contributed by atoms with Gasteiger partial charge in [-0.1, -0.05) is 12.1 Å². The fourth-order valence-electron chi connectivity index (χ4n) is 3.62. The minimum Gasteiger partial charge on any atom is -0.493 e. The van der Waals surface area contributed by atoms with Gasteiger partial charge in [-0.2, -0.15) is 0 Å². The van der Waals surface area contributed by atoms with Gasteiger partial charge < -0.3 is 9.47 Å². The Balaban J connectivity index is 1.55. The molecule has 0 spiro atoms. The molecule has 0 bridgehead atoms. The van der Waals surface area contributed by atoms with Gasteiger partial charge in [0, 0.05) is 23.2 Å². The van der Waals surface area contributed by atoms with E-state index in [1.807, 2.05) is 29.6 Å². The molecule has 0 N–H and O–H groups in total. The number of ether oxygens (including phenoxy) is 2. The minimum absolute atomic E-state index is 0.159. The van der Waals surface area contributed by atoms with Crippen molar-refractivity contribution in [1.29, 1.82) is 0 Å². The highest BCUT2D eigenvalue weighted by Gasteiger charge is 2.15. The average molecular weight is 446 g/mol. The summed E-state index contributed by atoms with van der Waals surface area (Å²) in [5.74, 6) is 1.23. The van der Waals surface area contributed by atoms with Crippen LogP contribution in [0.5, 0.6) is 11.5 Å². The summed E-state index contributed by atoms with van der Waals surface area (Å²) in [5, 5.41) is 1.91. The van der Waals surface area contributed by atoms with Gasteiger partial charge in [-0.05, 0) is 29.8 Å². The Hall–Kier alpha value is -3.98. The van der Waals surface area contributed by atoms with Crippen LogP contribution in [0, 0.1) is 0 Å². The maximum Gasteiger partial charge on any atom is 0.271 e. The van der Waals surface area contributed by atoms with E-state index in [1.165, 1.54) is 32.7 Å². The number of rotatable bonds is 5. The Morgan fingerprint density at radius 1 is 1.03 bits per heavy atom. The van der Waals surface area contributed by atoms with Crippen LogP contribution in [0.4, 0.5) is 0 Å². The molecule has 0 saturated carbocycles. The summed E-state index contributed by atoms with van der Waals surface area (Å²) in [6.07, 6.45) is 3.16. The van der Waals surface area contributed by atoms with Crippen LogP contribution < -0.4 is 20.6 Å². The molecule has 5 aromatic rings. The van der Waals surface area contributed by atoms with Crippen molar-refractivity contribution in [2.75, 3.05) is 14.2 Å². The van der Waals surface area contributed by atoms with Gasteiger partial charge in [0.15, 0.2) is 11.5 Å². The molecule has 4 aromatic heterocycles. The van der Waals surface area contributed by atoms with E-state index < -0.39 is 0 Å². The second kappa shape index (κ2) is 7.93. The first-order valence-electron chi connectivity index (χ1n) is 9.75. The fraction of sp³-hybridized carbons (Fsp3) is 0.130. The number of thiophene rings is 1. The van der Waals surface area contributed by atoms with Crippen LogP contribution in [-0.2, 0) is 6.54 Å². The normalized spacial score (nSPS) is 11.2. The summed E-state index contributed by atoms with van der Waals surface area (Å²) < 4.78 is 14.2. The van der Waals surface area contributed by atoms with Crippen molar-refractivity contribution in [3.8, 4) is 22.6 Å².